The van der Waals surface area contributed by atoms with Crippen LogP contribution in [-0.2, 0) is 16.1 Å². The van der Waals surface area contributed by atoms with Crippen molar-refractivity contribution in [2.24, 2.45) is 5.92 Å². The summed E-state index contributed by atoms with van der Waals surface area (Å²) in [6.45, 7) is 8.15. The Morgan fingerprint density at radius 3 is 2.92 bits per heavy atom. The lowest BCUT2D eigenvalue weighted by Gasteiger charge is -2.34. The summed E-state index contributed by atoms with van der Waals surface area (Å²) in [5.74, 6) is 0.324. The number of likely N-dealkylation sites (tertiary alicyclic amines) is 1. The molecular formula is C19H26N2O3. The summed E-state index contributed by atoms with van der Waals surface area (Å²) in [4.78, 5) is 13.9. The van der Waals surface area contributed by atoms with E-state index in [1.54, 1.807) is 11.0 Å². The zero-order chi connectivity index (χ0) is 17.6. The number of ether oxygens (including phenoxy) is 2. The quantitative estimate of drug-likeness (QED) is 0.844. The Balaban J connectivity index is 1.78. The fourth-order valence-electron chi connectivity index (χ4n) is 2.77. The van der Waals surface area contributed by atoms with Crippen molar-refractivity contribution in [3.05, 3.63) is 35.4 Å². The van der Waals surface area contributed by atoms with Crippen LogP contribution < -0.4 is 0 Å². The number of hydrogen-bond acceptors (Lipinski definition) is 4. The fraction of sp³-hybridized carbons (Fsp3) is 0.579. The predicted octanol–water partition coefficient (Wildman–Crippen LogP) is 3.72. The fourth-order valence-corrected chi connectivity index (χ4v) is 2.77. The molecule has 1 heterocycles. The van der Waals surface area contributed by atoms with Crippen LogP contribution in [0.4, 0.5) is 4.79 Å². The Kier molecular flexibility index (Phi) is 6.22. The normalized spacial score (nSPS) is 18.1. The molecule has 0 spiro atoms. The van der Waals surface area contributed by atoms with Crippen molar-refractivity contribution in [3.63, 3.8) is 0 Å². The molecule has 1 fully saturated rings. The number of carbonyl (C=O) groups excluding carboxylic acids is 1. The highest BCUT2D eigenvalue weighted by Gasteiger charge is 2.27. The third-order valence-electron chi connectivity index (χ3n) is 3.85. The van der Waals surface area contributed by atoms with E-state index in [1.165, 1.54) is 0 Å². The number of nitrogens with zero attached hydrogens (tertiary/aromatic N) is 2. The van der Waals surface area contributed by atoms with Crippen LogP contribution in [0.5, 0.6) is 0 Å². The van der Waals surface area contributed by atoms with E-state index >= 15 is 0 Å². The summed E-state index contributed by atoms with van der Waals surface area (Å²) in [6.07, 6.45) is 1.78. The Morgan fingerprint density at radius 2 is 2.21 bits per heavy atom. The molecule has 1 aliphatic heterocycles. The van der Waals surface area contributed by atoms with Gasteiger partial charge in [-0.05, 0) is 51.3 Å². The van der Waals surface area contributed by atoms with Gasteiger partial charge in [0.05, 0.1) is 24.8 Å². The second-order valence-electron chi connectivity index (χ2n) is 7.26. The molecule has 1 aromatic rings. The van der Waals surface area contributed by atoms with Crippen LogP contribution in [0.2, 0.25) is 0 Å². The maximum Gasteiger partial charge on any atom is 0.410 e. The van der Waals surface area contributed by atoms with Gasteiger partial charge < -0.3 is 14.4 Å². The first-order chi connectivity index (χ1) is 11.4. The molecule has 0 bridgehead atoms. The summed E-state index contributed by atoms with van der Waals surface area (Å²) >= 11 is 0. The van der Waals surface area contributed by atoms with Crippen LogP contribution in [0.1, 0.15) is 44.7 Å². The van der Waals surface area contributed by atoms with Gasteiger partial charge in [-0.25, -0.2) is 4.79 Å². The van der Waals surface area contributed by atoms with Crippen LogP contribution in [0.25, 0.3) is 0 Å². The van der Waals surface area contributed by atoms with E-state index in [9.17, 15) is 4.79 Å². The van der Waals surface area contributed by atoms with Gasteiger partial charge in [-0.2, -0.15) is 5.26 Å². The Morgan fingerprint density at radius 1 is 1.42 bits per heavy atom. The third-order valence-corrected chi connectivity index (χ3v) is 3.85. The largest absolute Gasteiger partial charge is 0.444 e. The van der Waals surface area contributed by atoms with Crippen molar-refractivity contribution in [3.8, 4) is 6.07 Å². The maximum absolute atomic E-state index is 12.2. The van der Waals surface area contributed by atoms with Gasteiger partial charge in [-0.3, -0.25) is 0 Å². The lowest BCUT2D eigenvalue weighted by Crippen LogP contribution is -2.43. The standard InChI is InChI=1S/C19H26N2O3/c1-19(2,3)24-18(22)21-9-5-8-17(12-21)14-23-13-16-7-4-6-15(10-16)11-20/h4,6-7,10,17H,5,8-9,12-14H2,1-3H3. The lowest BCUT2D eigenvalue weighted by atomic mass is 9.99. The number of rotatable bonds is 4. The van der Waals surface area contributed by atoms with E-state index in [1.807, 2.05) is 39.0 Å². The highest BCUT2D eigenvalue weighted by atomic mass is 16.6. The van der Waals surface area contributed by atoms with Gasteiger partial charge in [0.15, 0.2) is 0 Å². The third kappa shape index (κ3) is 5.86. The summed E-state index contributed by atoms with van der Waals surface area (Å²) in [7, 11) is 0. The number of benzene rings is 1. The Hall–Kier alpha value is -2.06. The second-order valence-corrected chi connectivity index (χ2v) is 7.26. The van der Waals surface area contributed by atoms with Gasteiger partial charge in [0, 0.05) is 19.0 Å². The second kappa shape index (κ2) is 8.16. The van der Waals surface area contributed by atoms with E-state index < -0.39 is 5.60 Å². The maximum atomic E-state index is 12.2. The number of amides is 1. The first-order valence-electron chi connectivity index (χ1n) is 8.42. The summed E-state index contributed by atoms with van der Waals surface area (Å²) in [6, 6.07) is 9.57. The van der Waals surface area contributed by atoms with Gasteiger partial charge in [0.25, 0.3) is 0 Å². The van der Waals surface area contributed by atoms with Gasteiger partial charge >= 0.3 is 6.09 Å². The molecule has 0 radical (unpaired) electrons. The molecule has 5 nitrogen and oxygen atoms in total. The molecule has 0 N–H and O–H groups in total. The van der Waals surface area contributed by atoms with E-state index in [4.69, 9.17) is 14.7 Å². The average molecular weight is 330 g/mol. The highest BCUT2D eigenvalue weighted by Crippen LogP contribution is 2.20. The van der Waals surface area contributed by atoms with Crippen molar-refractivity contribution in [2.45, 2.75) is 45.8 Å². The molecule has 0 aliphatic carbocycles. The molecule has 1 aliphatic rings. The minimum absolute atomic E-state index is 0.242. The molecule has 2 rings (SSSR count). The van der Waals surface area contributed by atoms with E-state index in [-0.39, 0.29) is 6.09 Å². The van der Waals surface area contributed by atoms with Crippen LogP contribution in [0, 0.1) is 17.2 Å². The van der Waals surface area contributed by atoms with Gasteiger partial charge in [-0.15, -0.1) is 0 Å². The molecule has 0 saturated carbocycles. The number of nitriles is 1. The lowest BCUT2D eigenvalue weighted by molar-refractivity contribution is 0.00592. The molecule has 1 amide bonds. The average Bonchev–Trinajstić information content (AvgIpc) is 2.54. The van der Waals surface area contributed by atoms with Gasteiger partial charge in [-0.1, -0.05) is 12.1 Å². The van der Waals surface area contributed by atoms with Crippen molar-refractivity contribution in [1.29, 1.82) is 5.26 Å². The Bertz CT molecular complexity index is 601. The summed E-state index contributed by atoms with van der Waals surface area (Å²) in [5, 5.41) is 8.91. The first-order valence-corrected chi connectivity index (χ1v) is 8.42. The molecule has 5 heteroatoms. The zero-order valence-corrected chi connectivity index (χ0v) is 14.7. The molecule has 1 unspecified atom stereocenters. The first kappa shape index (κ1) is 18.3. The topological polar surface area (TPSA) is 62.6 Å². The number of hydrogen-bond donors (Lipinski definition) is 0. The van der Waals surface area contributed by atoms with Crippen molar-refractivity contribution in [1.82, 2.24) is 4.90 Å². The molecule has 130 valence electrons. The van der Waals surface area contributed by atoms with Crippen molar-refractivity contribution < 1.29 is 14.3 Å². The monoisotopic (exact) mass is 330 g/mol. The SMILES string of the molecule is CC(C)(C)OC(=O)N1CCCC(COCc2cccc(C#N)c2)C1. The Labute approximate surface area is 144 Å². The van der Waals surface area contributed by atoms with E-state index in [0.717, 1.165) is 24.9 Å². The smallest absolute Gasteiger partial charge is 0.410 e. The zero-order valence-electron chi connectivity index (χ0n) is 14.7. The predicted molar refractivity (Wildman–Crippen MR) is 91.3 cm³/mol. The minimum Gasteiger partial charge on any atom is -0.444 e. The van der Waals surface area contributed by atoms with Crippen LogP contribution in [0.3, 0.4) is 0 Å². The van der Waals surface area contributed by atoms with Gasteiger partial charge in [0.2, 0.25) is 0 Å². The van der Waals surface area contributed by atoms with Gasteiger partial charge in [0.1, 0.15) is 5.60 Å². The molecule has 1 saturated heterocycles. The van der Waals surface area contributed by atoms with Crippen molar-refractivity contribution in [2.75, 3.05) is 19.7 Å². The summed E-state index contributed by atoms with van der Waals surface area (Å²) < 4.78 is 11.2. The summed E-state index contributed by atoms with van der Waals surface area (Å²) in [5.41, 5.74) is 1.17. The van der Waals surface area contributed by atoms with E-state index in [2.05, 4.69) is 6.07 Å². The minimum atomic E-state index is -0.466. The molecule has 0 aromatic heterocycles. The molecule has 1 atom stereocenters. The molecular weight excluding hydrogens is 304 g/mol. The van der Waals surface area contributed by atoms with Crippen LogP contribution in [-0.4, -0.2) is 36.3 Å². The van der Waals surface area contributed by atoms with E-state index in [0.29, 0.717) is 31.2 Å². The van der Waals surface area contributed by atoms with Crippen LogP contribution >= 0.6 is 0 Å². The molecule has 1 aromatic carbocycles. The van der Waals surface area contributed by atoms with Crippen LogP contribution in [0.15, 0.2) is 24.3 Å². The van der Waals surface area contributed by atoms with Crippen molar-refractivity contribution >= 4 is 6.09 Å². The number of carbonyl (C=O) groups is 1. The number of piperidine rings is 1. The molecule has 24 heavy (non-hydrogen) atoms. The highest BCUT2D eigenvalue weighted by molar-refractivity contribution is 5.68.